The minimum atomic E-state index is -0.723. The molecule has 3 aromatic rings. The van der Waals surface area contributed by atoms with E-state index in [1.807, 2.05) is 30.5 Å². The van der Waals surface area contributed by atoms with Crippen molar-refractivity contribution in [2.24, 2.45) is 5.73 Å². The molecule has 7 nitrogen and oxygen atoms in total. The zero-order valence-electron chi connectivity index (χ0n) is 12.7. The third-order valence-electron chi connectivity index (χ3n) is 3.80. The smallest absolute Gasteiger partial charge is 0.269 e. The van der Waals surface area contributed by atoms with Crippen molar-refractivity contribution in [3.05, 3.63) is 70.4 Å². The number of carbonyl (C=O) groups excluding carboxylic acids is 1. The van der Waals surface area contributed by atoms with Crippen LogP contribution in [-0.4, -0.2) is 21.9 Å². The second-order valence-electron chi connectivity index (χ2n) is 5.46. The van der Waals surface area contributed by atoms with Crippen molar-refractivity contribution < 1.29 is 9.72 Å². The average molecular weight is 324 g/mol. The van der Waals surface area contributed by atoms with Gasteiger partial charge in [0.1, 0.15) is 0 Å². The van der Waals surface area contributed by atoms with E-state index in [0.717, 1.165) is 16.5 Å². The van der Waals surface area contributed by atoms with Crippen LogP contribution in [0.4, 0.5) is 11.4 Å². The topological polar surface area (TPSA) is 114 Å². The Morgan fingerprint density at radius 1 is 1.21 bits per heavy atom. The van der Waals surface area contributed by atoms with Crippen molar-refractivity contribution in [2.45, 2.75) is 12.5 Å². The van der Waals surface area contributed by atoms with Crippen molar-refractivity contribution in [3.8, 4) is 0 Å². The fraction of sp³-hybridized carbons (Fsp3) is 0.118. The SMILES string of the molecule is NC(Cc1c[nH]c2ccccc12)C(=O)Nc1ccc([N+](=O)[O-])cc1. The summed E-state index contributed by atoms with van der Waals surface area (Å²) >= 11 is 0. The number of aromatic nitrogens is 1. The molecular weight excluding hydrogens is 308 g/mol. The van der Waals surface area contributed by atoms with E-state index in [2.05, 4.69) is 10.3 Å². The molecule has 0 radical (unpaired) electrons. The maximum Gasteiger partial charge on any atom is 0.269 e. The van der Waals surface area contributed by atoms with Crippen LogP contribution in [0.2, 0.25) is 0 Å². The summed E-state index contributed by atoms with van der Waals surface area (Å²) in [5.41, 5.74) is 8.40. The Bertz CT molecular complexity index is 886. The normalized spacial score (nSPS) is 12.0. The predicted molar refractivity (Wildman–Crippen MR) is 91.7 cm³/mol. The number of rotatable bonds is 5. The first-order chi connectivity index (χ1) is 11.5. The van der Waals surface area contributed by atoms with Gasteiger partial charge in [0.05, 0.1) is 11.0 Å². The van der Waals surface area contributed by atoms with Crippen LogP contribution in [0, 0.1) is 10.1 Å². The molecular formula is C17H16N4O3. The number of nitro groups is 1. The number of fused-ring (bicyclic) bond motifs is 1. The standard InChI is InChI=1S/C17H16N4O3/c18-15(9-11-10-19-16-4-2-1-3-14(11)16)17(22)20-12-5-7-13(8-6-12)21(23)24/h1-8,10,15,19H,9,18H2,(H,20,22). The molecule has 1 unspecified atom stereocenters. The van der Waals surface area contributed by atoms with Crippen LogP contribution in [-0.2, 0) is 11.2 Å². The molecule has 3 rings (SSSR count). The van der Waals surface area contributed by atoms with Crippen molar-refractivity contribution >= 4 is 28.2 Å². The molecule has 2 aromatic carbocycles. The lowest BCUT2D eigenvalue weighted by Crippen LogP contribution is -2.37. The zero-order valence-corrected chi connectivity index (χ0v) is 12.7. The van der Waals surface area contributed by atoms with Gasteiger partial charge in [-0.3, -0.25) is 14.9 Å². The molecule has 0 saturated heterocycles. The first-order valence-electron chi connectivity index (χ1n) is 7.40. The number of aromatic amines is 1. The van der Waals surface area contributed by atoms with E-state index < -0.39 is 11.0 Å². The van der Waals surface area contributed by atoms with Crippen molar-refractivity contribution in [1.82, 2.24) is 4.98 Å². The van der Waals surface area contributed by atoms with Crippen LogP contribution in [0.1, 0.15) is 5.56 Å². The lowest BCUT2D eigenvalue weighted by molar-refractivity contribution is -0.384. The maximum absolute atomic E-state index is 12.2. The minimum Gasteiger partial charge on any atom is -0.361 e. The largest absolute Gasteiger partial charge is 0.361 e. The molecule has 1 aromatic heterocycles. The molecule has 7 heteroatoms. The highest BCUT2D eigenvalue weighted by Gasteiger charge is 2.16. The summed E-state index contributed by atoms with van der Waals surface area (Å²) in [6.45, 7) is 0. The monoisotopic (exact) mass is 324 g/mol. The Morgan fingerprint density at radius 3 is 2.62 bits per heavy atom. The quantitative estimate of drug-likeness (QED) is 0.494. The van der Waals surface area contributed by atoms with Gasteiger partial charge in [-0.25, -0.2) is 0 Å². The van der Waals surface area contributed by atoms with Gasteiger partial charge < -0.3 is 16.0 Å². The number of hydrogen-bond donors (Lipinski definition) is 3. The van der Waals surface area contributed by atoms with Crippen LogP contribution >= 0.6 is 0 Å². The molecule has 1 atom stereocenters. The van der Waals surface area contributed by atoms with E-state index in [9.17, 15) is 14.9 Å². The second kappa shape index (κ2) is 6.51. The lowest BCUT2D eigenvalue weighted by atomic mass is 10.0. The van der Waals surface area contributed by atoms with E-state index in [1.165, 1.54) is 24.3 Å². The lowest BCUT2D eigenvalue weighted by Gasteiger charge is -2.12. The first-order valence-corrected chi connectivity index (χ1v) is 7.40. The van der Waals surface area contributed by atoms with Gasteiger partial charge in [0.25, 0.3) is 5.69 Å². The molecule has 0 aliphatic carbocycles. The summed E-state index contributed by atoms with van der Waals surface area (Å²) in [6, 6.07) is 12.7. The fourth-order valence-electron chi connectivity index (χ4n) is 2.53. The van der Waals surface area contributed by atoms with Gasteiger partial charge in [0.15, 0.2) is 0 Å². The number of anilines is 1. The molecule has 0 saturated carbocycles. The Morgan fingerprint density at radius 2 is 1.92 bits per heavy atom. The maximum atomic E-state index is 12.2. The molecule has 4 N–H and O–H groups in total. The molecule has 0 bridgehead atoms. The molecule has 0 spiro atoms. The Hall–Kier alpha value is -3.19. The molecule has 0 aliphatic rings. The number of nitrogens with zero attached hydrogens (tertiary/aromatic N) is 1. The van der Waals surface area contributed by atoms with E-state index in [1.54, 1.807) is 0 Å². The Labute approximate surface area is 137 Å². The highest BCUT2D eigenvalue weighted by Crippen LogP contribution is 2.19. The van der Waals surface area contributed by atoms with Gasteiger partial charge in [0.2, 0.25) is 5.91 Å². The number of hydrogen-bond acceptors (Lipinski definition) is 4. The number of para-hydroxylation sites is 1. The second-order valence-corrected chi connectivity index (χ2v) is 5.46. The molecule has 0 aliphatic heterocycles. The first kappa shape index (κ1) is 15.7. The zero-order chi connectivity index (χ0) is 17.1. The van der Waals surface area contributed by atoms with Crippen LogP contribution in [0.3, 0.4) is 0 Å². The predicted octanol–water partition coefficient (Wildman–Crippen LogP) is 2.58. The van der Waals surface area contributed by atoms with E-state index in [0.29, 0.717) is 12.1 Å². The highest BCUT2D eigenvalue weighted by atomic mass is 16.6. The number of nitro benzene ring substituents is 1. The van der Waals surface area contributed by atoms with Gasteiger partial charge >= 0.3 is 0 Å². The highest BCUT2D eigenvalue weighted by molar-refractivity contribution is 5.95. The molecule has 122 valence electrons. The van der Waals surface area contributed by atoms with Gasteiger partial charge in [-0.15, -0.1) is 0 Å². The average Bonchev–Trinajstić information content (AvgIpc) is 2.98. The molecule has 24 heavy (non-hydrogen) atoms. The number of non-ortho nitro benzene ring substituents is 1. The summed E-state index contributed by atoms with van der Waals surface area (Å²) in [7, 11) is 0. The number of H-pyrrole nitrogens is 1. The van der Waals surface area contributed by atoms with Crippen molar-refractivity contribution in [3.63, 3.8) is 0 Å². The summed E-state index contributed by atoms with van der Waals surface area (Å²) < 4.78 is 0. The minimum absolute atomic E-state index is 0.0314. The van der Waals surface area contributed by atoms with Gasteiger partial charge in [-0.1, -0.05) is 18.2 Å². The number of benzene rings is 2. The fourth-order valence-corrected chi connectivity index (χ4v) is 2.53. The Kier molecular flexibility index (Phi) is 4.26. The molecule has 0 fully saturated rings. The van der Waals surface area contributed by atoms with E-state index >= 15 is 0 Å². The number of nitrogens with two attached hydrogens (primary N) is 1. The van der Waals surface area contributed by atoms with Gasteiger partial charge in [-0.2, -0.15) is 0 Å². The third-order valence-corrected chi connectivity index (χ3v) is 3.80. The van der Waals surface area contributed by atoms with Crippen LogP contribution < -0.4 is 11.1 Å². The Balaban J connectivity index is 1.67. The van der Waals surface area contributed by atoms with E-state index in [-0.39, 0.29) is 11.6 Å². The van der Waals surface area contributed by atoms with Crippen LogP contribution in [0.15, 0.2) is 54.7 Å². The number of amides is 1. The summed E-state index contributed by atoms with van der Waals surface area (Å²) in [6.07, 6.45) is 2.24. The van der Waals surface area contributed by atoms with Crippen LogP contribution in [0.25, 0.3) is 10.9 Å². The van der Waals surface area contributed by atoms with E-state index in [4.69, 9.17) is 5.73 Å². The third kappa shape index (κ3) is 3.26. The number of carbonyl (C=O) groups is 1. The van der Waals surface area contributed by atoms with Gasteiger partial charge in [0, 0.05) is 34.9 Å². The van der Waals surface area contributed by atoms with Crippen LogP contribution in [0.5, 0.6) is 0 Å². The van der Waals surface area contributed by atoms with Crippen molar-refractivity contribution in [1.29, 1.82) is 0 Å². The summed E-state index contributed by atoms with van der Waals surface area (Å²) in [5, 5.41) is 14.3. The molecule has 1 amide bonds. The number of nitrogens with one attached hydrogen (secondary N) is 2. The summed E-state index contributed by atoms with van der Waals surface area (Å²) in [5.74, 6) is -0.339. The molecule has 1 heterocycles. The summed E-state index contributed by atoms with van der Waals surface area (Å²) in [4.78, 5) is 25.5. The van der Waals surface area contributed by atoms with Gasteiger partial charge in [-0.05, 0) is 30.2 Å². The van der Waals surface area contributed by atoms with Crippen molar-refractivity contribution in [2.75, 3.05) is 5.32 Å².